The normalized spacial score (nSPS) is 19.1. The van der Waals surface area contributed by atoms with Gasteiger partial charge in [0.2, 0.25) is 5.91 Å². The molecule has 1 fully saturated rings. The second kappa shape index (κ2) is 12.5. The lowest BCUT2D eigenvalue weighted by Gasteiger charge is -2.21. The van der Waals surface area contributed by atoms with Crippen molar-refractivity contribution in [1.29, 1.82) is 0 Å². The van der Waals surface area contributed by atoms with Gasteiger partial charge in [-0.15, -0.1) is 12.4 Å². The fourth-order valence-corrected chi connectivity index (χ4v) is 4.37. The van der Waals surface area contributed by atoms with Gasteiger partial charge >= 0.3 is 0 Å². The Bertz CT molecular complexity index is 214. The van der Waals surface area contributed by atoms with Crippen LogP contribution in [0.3, 0.4) is 0 Å². The van der Waals surface area contributed by atoms with Crippen LogP contribution in [0.25, 0.3) is 0 Å². The van der Waals surface area contributed by atoms with Crippen molar-refractivity contribution in [3.05, 3.63) is 0 Å². The summed E-state index contributed by atoms with van der Waals surface area (Å²) in [6, 6.07) is 0. The summed E-state index contributed by atoms with van der Waals surface area (Å²) in [7, 11) is 0. The average molecular weight is 313 g/mol. The number of carbonyl (C=O) groups is 1. The zero-order valence-electron chi connectivity index (χ0n) is 10.9. The van der Waals surface area contributed by atoms with Gasteiger partial charge in [0.25, 0.3) is 0 Å². The molecule has 3 N–H and O–H groups in total. The Morgan fingerprint density at radius 1 is 1.22 bits per heavy atom. The molecule has 18 heavy (non-hydrogen) atoms. The van der Waals surface area contributed by atoms with Crippen LogP contribution >= 0.6 is 35.9 Å². The molecule has 0 spiro atoms. The number of halogens is 1. The molecule has 1 rings (SSSR count). The molecule has 0 bridgehead atoms. The third kappa shape index (κ3) is 9.36. The Morgan fingerprint density at radius 2 is 2.00 bits per heavy atom. The van der Waals surface area contributed by atoms with Crippen LogP contribution in [0.1, 0.15) is 32.1 Å². The Labute approximate surface area is 125 Å². The van der Waals surface area contributed by atoms with Gasteiger partial charge in [-0.25, -0.2) is 0 Å². The molecule has 108 valence electrons. The number of hydrogen-bond acceptors (Lipinski definition) is 4. The van der Waals surface area contributed by atoms with Crippen molar-refractivity contribution in [2.24, 2.45) is 5.73 Å². The van der Waals surface area contributed by atoms with Gasteiger partial charge < -0.3 is 11.1 Å². The van der Waals surface area contributed by atoms with E-state index in [1.807, 2.05) is 23.5 Å². The first-order chi connectivity index (χ1) is 8.33. The molecule has 6 heteroatoms. The lowest BCUT2D eigenvalue weighted by Crippen LogP contribution is -2.33. The fourth-order valence-electron chi connectivity index (χ4n) is 1.75. The van der Waals surface area contributed by atoms with E-state index in [9.17, 15) is 4.79 Å². The molecule has 0 saturated carbocycles. The van der Waals surface area contributed by atoms with Crippen LogP contribution in [-0.2, 0) is 4.79 Å². The summed E-state index contributed by atoms with van der Waals surface area (Å²) in [5, 5.41) is 3.67. The molecule has 0 aromatic carbocycles. The van der Waals surface area contributed by atoms with Gasteiger partial charge in [0.05, 0.1) is 0 Å². The second-order valence-electron chi connectivity index (χ2n) is 4.32. The van der Waals surface area contributed by atoms with E-state index in [0.29, 0.717) is 11.7 Å². The van der Waals surface area contributed by atoms with Crippen LogP contribution in [0, 0.1) is 0 Å². The standard InChI is InChI=1S/C12H24N2OS2.ClH/c13-6-4-2-1-3-5-12(15)14-9-11-10-16-7-8-17-11;/h11H,1-10,13H2,(H,14,15);1H. The summed E-state index contributed by atoms with van der Waals surface area (Å²) < 4.78 is 0. The number of nitrogens with one attached hydrogen (secondary N) is 1. The monoisotopic (exact) mass is 312 g/mol. The van der Waals surface area contributed by atoms with E-state index in [1.54, 1.807) is 0 Å². The molecule has 1 amide bonds. The summed E-state index contributed by atoms with van der Waals surface area (Å²) in [6.07, 6.45) is 5.03. The maximum atomic E-state index is 11.6. The highest BCUT2D eigenvalue weighted by atomic mass is 35.5. The minimum absolute atomic E-state index is 0. The van der Waals surface area contributed by atoms with Crippen LogP contribution in [0.15, 0.2) is 0 Å². The van der Waals surface area contributed by atoms with E-state index in [4.69, 9.17) is 5.73 Å². The zero-order valence-corrected chi connectivity index (χ0v) is 13.3. The van der Waals surface area contributed by atoms with E-state index in [-0.39, 0.29) is 18.3 Å². The Hall–Kier alpha value is 0.420. The summed E-state index contributed by atoms with van der Waals surface area (Å²) in [5.74, 6) is 3.89. The summed E-state index contributed by atoms with van der Waals surface area (Å²) in [5.41, 5.74) is 5.42. The molecule has 0 aromatic rings. The molecular formula is C12H25ClN2OS2. The number of carbonyl (C=O) groups excluding carboxylic acids is 1. The lowest BCUT2D eigenvalue weighted by atomic mass is 10.1. The van der Waals surface area contributed by atoms with Gasteiger partial charge in [-0.1, -0.05) is 12.8 Å². The summed E-state index contributed by atoms with van der Waals surface area (Å²) >= 11 is 3.99. The molecule has 1 unspecified atom stereocenters. The van der Waals surface area contributed by atoms with Crippen LogP contribution in [0.5, 0.6) is 0 Å². The first kappa shape index (κ1) is 18.4. The smallest absolute Gasteiger partial charge is 0.220 e. The number of nitrogens with two attached hydrogens (primary N) is 1. The summed E-state index contributed by atoms with van der Waals surface area (Å²) in [6.45, 7) is 1.61. The van der Waals surface area contributed by atoms with Crippen LogP contribution in [0.4, 0.5) is 0 Å². The maximum Gasteiger partial charge on any atom is 0.220 e. The molecule has 1 aliphatic rings. The highest BCUT2D eigenvalue weighted by Gasteiger charge is 2.14. The third-order valence-corrected chi connectivity index (χ3v) is 5.61. The minimum atomic E-state index is 0. The van der Waals surface area contributed by atoms with Gasteiger partial charge in [0.1, 0.15) is 0 Å². The second-order valence-corrected chi connectivity index (χ2v) is 6.88. The van der Waals surface area contributed by atoms with Gasteiger partial charge in [-0.05, 0) is 19.4 Å². The molecule has 1 saturated heterocycles. The SMILES string of the molecule is Cl.NCCCCCCC(=O)NCC1CSCCS1. The van der Waals surface area contributed by atoms with Crippen molar-refractivity contribution in [3.8, 4) is 0 Å². The average Bonchev–Trinajstić information content (AvgIpc) is 2.37. The van der Waals surface area contributed by atoms with E-state index in [2.05, 4.69) is 5.32 Å². The van der Waals surface area contributed by atoms with Crippen molar-refractivity contribution >= 4 is 41.8 Å². The number of rotatable bonds is 8. The lowest BCUT2D eigenvalue weighted by molar-refractivity contribution is -0.121. The Balaban J connectivity index is 0.00000289. The molecule has 0 aliphatic carbocycles. The van der Waals surface area contributed by atoms with Gasteiger partial charge in [0, 0.05) is 35.5 Å². The first-order valence-electron chi connectivity index (χ1n) is 6.49. The van der Waals surface area contributed by atoms with Crippen LogP contribution in [0.2, 0.25) is 0 Å². The highest BCUT2D eigenvalue weighted by molar-refractivity contribution is 8.06. The van der Waals surface area contributed by atoms with Crippen molar-refractivity contribution in [2.45, 2.75) is 37.4 Å². The van der Waals surface area contributed by atoms with E-state index < -0.39 is 0 Å². The number of unbranched alkanes of at least 4 members (excludes halogenated alkanes) is 3. The van der Waals surface area contributed by atoms with Crippen LogP contribution < -0.4 is 11.1 Å². The maximum absolute atomic E-state index is 11.6. The number of thioether (sulfide) groups is 2. The molecular weight excluding hydrogens is 288 g/mol. The molecule has 0 radical (unpaired) electrons. The highest BCUT2D eigenvalue weighted by Crippen LogP contribution is 2.23. The van der Waals surface area contributed by atoms with Gasteiger partial charge in [0.15, 0.2) is 0 Å². The number of hydrogen-bond donors (Lipinski definition) is 2. The Morgan fingerprint density at radius 3 is 2.67 bits per heavy atom. The van der Waals surface area contributed by atoms with Crippen molar-refractivity contribution in [2.75, 3.05) is 30.3 Å². The van der Waals surface area contributed by atoms with Crippen LogP contribution in [-0.4, -0.2) is 41.5 Å². The predicted molar refractivity (Wildman–Crippen MR) is 86.0 cm³/mol. The van der Waals surface area contributed by atoms with Crippen molar-refractivity contribution < 1.29 is 4.79 Å². The van der Waals surface area contributed by atoms with E-state index in [1.165, 1.54) is 17.3 Å². The van der Waals surface area contributed by atoms with Gasteiger partial charge in [-0.3, -0.25) is 4.79 Å². The summed E-state index contributed by atoms with van der Waals surface area (Å²) in [4.78, 5) is 11.6. The quantitative estimate of drug-likeness (QED) is 0.675. The van der Waals surface area contributed by atoms with E-state index >= 15 is 0 Å². The topological polar surface area (TPSA) is 55.1 Å². The predicted octanol–water partition coefficient (Wildman–Crippen LogP) is 2.28. The van der Waals surface area contributed by atoms with Gasteiger partial charge in [-0.2, -0.15) is 23.5 Å². The largest absolute Gasteiger partial charge is 0.355 e. The molecule has 3 nitrogen and oxygen atoms in total. The first-order valence-corrected chi connectivity index (χ1v) is 8.69. The Kier molecular flexibility index (Phi) is 12.7. The van der Waals surface area contributed by atoms with Crippen molar-refractivity contribution in [1.82, 2.24) is 5.32 Å². The molecule has 0 aromatic heterocycles. The van der Waals surface area contributed by atoms with Crippen molar-refractivity contribution in [3.63, 3.8) is 0 Å². The minimum Gasteiger partial charge on any atom is -0.355 e. The molecule has 1 heterocycles. The number of amides is 1. The molecule has 1 aliphatic heterocycles. The fraction of sp³-hybridized carbons (Fsp3) is 0.917. The zero-order chi connectivity index (χ0) is 12.3. The molecule has 1 atom stereocenters. The van der Waals surface area contributed by atoms with E-state index in [0.717, 1.165) is 38.8 Å². The third-order valence-electron chi connectivity index (χ3n) is 2.77.